The van der Waals surface area contributed by atoms with Gasteiger partial charge < -0.3 is 15.3 Å². The molecule has 0 saturated carbocycles. The summed E-state index contributed by atoms with van der Waals surface area (Å²) in [6.07, 6.45) is 16.6. The molecule has 0 aliphatic heterocycles. The molecule has 0 aromatic rings. The van der Waals surface area contributed by atoms with Gasteiger partial charge in [0.1, 0.15) is 12.6 Å². The molecular formula is C21H47N2O+. The number of hydrogen-bond donors (Lipinski definition) is 3. The van der Waals surface area contributed by atoms with Gasteiger partial charge in [0.15, 0.2) is 0 Å². The lowest BCUT2D eigenvalue weighted by atomic mass is 10.1. The molecule has 0 aliphatic rings. The maximum atomic E-state index is 9.99. The van der Waals surface area contributed by atoms with Crippen LogP contribution in [-0.2, 0) is 0 Å². The molecule has 3 nitrogen and oxygen atoms in total. The van der Waals surface area contributed by atoms with Crippen LogP contribution in [0, 0.1) is 0 Å². The number of aliphatic hydroxyl groups excluding tert-OH is 1. The summed E-state index contributed by atoms with van der Waals surface area (Å²) >= 11 is 0. The SMILES string of the molecule is CCCCCCCCCCCCCCNCC(O)C[NH+](CC)CC. The van der Waals surface area contributed by atoms with Gasteiger partial charge in [0.25, 0.3) is 0 Å². The maximum Gasteiger partial charge on any atom is 0.115 e. The van der Waals surface area contributed by atoms with Crippen molar-refractivity contribution in [3.8, 4) is 0 Å². The fourth-order valence-corrected chi connectivity index (χ4v) is 3.30. The highest BCUT2D eigenvalue weighted by Gasteiger charge is 2.10. The summed E-state index contributed by atoms with van der Waals surface area (Å²) in [5.41, 5.74) is 0. The second kappa shape index (κ2) is 19.2. The fourth-order valence-electron chi connectivity index (χ4n) is 3.30. The second-order valence-corrected chi connectivity index (χ2v) is 7.41. The Labute approximate surface area is 152 Å². The van der Waals surface area contributed by atoms with Gasteiger partial charge in [0, 0.05) is 6.54 Å². The first-order valence-corrected chi connectivity index (χ1v) is 11.0. The molecule has 0 aliphatic carbocycles. The minimum Gasteiger partial charge on any atom is -0.386 e. The zero-order valence-electron chi connectivity index (χ0n) is 17.0. The van der Waals surface area contributed by atoms with Gasteiger partial charge in [-0.15, -0.1) is 0 Å². The van der Waals surface area contributed by atoms with Crippen LogP contribution >= 0.6 is 0 Å². The molecule has 0 aromatic heterocycles. The van der Waals surface area contributed by atoms with Crippen molar-refractivity contribution in [2.24, 2.45) is 0 Å². The lowest BCUT2D eigenvalue weighted by Gasteiger charge is -2.19. The van der Waals surface area contributed by atoms with E-state index in [-0.39, 0.29) is 6.10 Å². The first-order valence-electron chi connectivity index (χ1n) is 11.0. The van der Waals surface area contributed by atoms with Crippen molar-refractivity contribution < 1.29 is 10.0 Å². The smallest absolute Gasteiger partial charge is 0.115 e. The lowest BCUT2D eigenvalue weighted by Crippen LogP contribution is -3.12. The molecule has 1 atom stereocenters. The minimum absolute atomic E-state index is 0.197. The Morgan fingerprint density at radius 1 is 0.708 bits per heavy atom. The largest absolute Gasteiger partial charge is 0.386 e. The van der Waals surface area contributed by atoms with Gasteiger partial charge in [0.2, 0.25) is 0 Å². The number of unbranched alkanes of at least 4 members (excludes halogenated alkanes) is 11. The first-order chi connectivity index (χ1) is 11.7. The van der Waals surface area contributed by atoms with E-state index in [4.69, 9.17) is 0 Å². The van der Waals surface area contributed by atoms with Gasteiger partial charge in [0.05, 0.1) is 13.1 Å². The van der Waals surface area contributed by atoms with Crippen molar-refractivity contribution in [2.75, 3.05) is 32.7 Å². The zero-order chi connectivity index (χ0) is 17.9. The summed E-state index contributed by atoms with van der Waals surface area (Å²) in [5, 5.41) is 13.4. The van der Waals surface area contributed by atoms with Crippen LogP contribution in [0.5, 0.6) is 0 Å². The summed E-state index contributed by atoms with van der Waals surface area (Å²) in [6.45, 7) is 11.5. The fraction of sp³-hybridized carbons (Fsp3) is 1.00. The summed E-state index contributed by atoms with van der Waals surface area (Å²) in [6, 6.07) is 0. The van der Waals surface area contributed by atoms with Crippen LogP contribution < -0.4 is 10.2 Å². The monoisotopic (exact) mass is 343 g/mol. The molecule has 0 amide bonds. The Balaban J connectivity index is 3.17. The first kappa shape index (κ1) is 23.9. The molecule has 0 radical (unpaired) electrons. The van der Waals surface area contributed by atoms with Crippen molar-refractivity contribution in [3.63, 3.8) is 0 Å². The molecule has 0 heterocycles. The van der Waals surface area contributed by atoms with E-state index in [1.165, 1.54) is 81.9 Å². The van der Waals surface area contributed by atoms with E-state index in [9.17, 15) is 5.11 Å². The third-order valence-corrected chi connectivity index (χ3v) is 5.11. The Morgan fingerprint density at radius 3 is 1.62 bits per heavy atom. The Hall–Kier alpha value is -0.120. The molecule has 24 heavy (non-hydrogen) atoms. The molecule has 0 fully saturated rings. The van der Waals surface area contributed by atoms with E-state index in [1.807, 2.05) is 0 Å². The normalized spacial score (nSPS) is 12.9. The predicted octanol–water partition coefficient (Wildman–Crippen LogP) is 3.56. The second-order valence-electron chi connectivity index (χ2n) is 7.41. The van der Waals surface area contributed by atoms with E-state index in [1.54, 1.807) is 0 Å². The Morgan fingerprint density at radius 2 is 1.17 bits per heavy atom. The third kappa shape index (κ3) is 16.7. The maximum absolute atomic E-state index is 9.99. The highest BCUT2D eigenvalue weighted by molar-refractivity contribution is 4.58. The molecule has 3 N–H and O–H groups in total. The van der Waals surface area contributed by atoms with E-state index >= 15 is 0 Å². The van der Waals surface area contributed by atoms with Crippen molar-refractivity contribution in [2.45, 2.75) is 104 Å². The molecular weight excluding hydrogens is 296 g/mol. The van der Waals surface area contributed by atoms with Gasteiger partial charge in [-0.25, -0.2) is 0 Å². The van der Waals surface area contributed by atoms with Crippen LogP contribution in [0.4, 0.5) is 0 Å². The topological polar surface area (TPSA) is 36.7 Å². The molecule has 0 rings (SSSR count). The summed E-state index contributed by atoms with van der Waals surface area (Å²) in [5.74, 6) is 0. The quantitative estimate of drug-likeness (QED) is 0.314. The average Bonchev–Trinajstić information content (AvgIpc) is 2.60. The number of nitrogens with one attached hydrogen (secondary N) is 2. The van der Waals surface area contributed by atoms with Crippen molar-refractivity contribution in [1.82, 2.24) is 5.32 Å². The number of rotatable bonds is 19. The van der Waals surface area contributed by atoms with Crippen molar-refractivity contribution in [3.05, 3.63) is 0 Å². The van der Waals surface area contributed by atoms with E-state index in [0.717, 1.165) is 32.7 Å². The highest BCUT2D eigenvalue weighted by Crippen LogP contribution is 2.11. The summed E-state index contributed by atoms with van der Waals surface area (Å²) in [7, 11) is 0. The molecule has 1 unspecified atom stereocenters. The van der Waals surface area contributed by atoms with Crippen LogP contribution in [0.25, 0.3) is 0 Å². The van der Waals surface area contributed by atoms with Gasteiger partial charge >= 0.3 is 0 Å². The Bertz CT molecular complexity index is 232. The van der Waals surface area contributed by atoms with Crippen LogP contribution in [0.3, 0.4) is 0 Å². The minimum atomic E-state index is -0.197. The Kier molecular flexibility index (Phi) is 19.1. The van der Waals surface area contributed by atoms with Crippen LogP contribution in [0.15, 0.2) is 0 Å². The van der Waals surface area contributed by atoms with Crippen LogP contribution in [0.1, 0.15) is 97.8 Å². The molecule has 0 aromatic carbocycles. The van der Waals surface area contributed by atoms with Crippen molar-refractivity contribution >= 4 is 0 Å². The number of quaternary nitrogens is 1. The molecule has 3 heteroatoms. The summed E-state index contributed by atoms with van der Waals surface area (Å²) in [4.78, 5) is 1.48. The van der Waals surface area contributed by atoms with Crippen LogP contribution in [-0.4, -0.2) is 43.9 Å². The standard InChI is InChI=1S/C21H46N2O/c1-4-7-8-9-10-11-12-13-14-15-16-17-18-22-19-21(24)20-23(5-2)6-3/h21-22,24H,4-20H2,1-3H3/p+1. The summed E-state index contributed by atoms with van der Waals surface area (Å²) < 4.78 is 0. The third-order valence-electron chi connectivity index (χ3n) is 5.11. The van der Waals surface area contributed by atoms with Gasteiger partial charge in [-0.2, -0.15) is 0 Å². The number of hydrogen-bond acceptors (Lipinski definition) is 2. The van der Waals surface area contributed by atoms with E-state index in [0.29, 0.717) is 0 Å². The lowest BCUT2D eigenvalue weighted by molar-refractivity contribution is -0.899. The zero-order valence-corrected chi connectivity index (χ0v) is 17.0. The van der Waals surface area contributed by atoms with E-state index in [2.05, 4.69) is 26.1 Å². The van der Waals surface area contributed by atoms with Gasteiger partial charge in [-0.1, -0.05) is 77.6 Å². The molecule has 0 bridgehead atoms. The van der Waals surface area contributed by atoms with Gasteiger partial charge in [-0.3, -0.25) is 0 Å². The van der Waals surface area contributed by atoms with Crippen LogP contribution in [0.2, 0.25) is 0 Å². The predicted molar refractivity (Wildman–Crippen MR) is 107 cm³/mol. The van der Waals surface area contributed by atoms with Gasteiger partial charge in [-0.05, 0) is 26.8 Å². The number of aliphatic hydroxyl groups is 1. The molecule has 146 valence electrons. The highest BCUT2D eigenvalue weighted by atomic mass is 16.3. The van der Waals surface area contributed by atoms with Crippen molar-refractivity contribution in [1.29, 1.82) is 0 Å². The number of likely N-dealkylation sites (N-methyl/N-ethyl adjacent to an activating group) is 1. The average molecular weight is 344 g/mol. The molecule has 0 spiro atoms. The van der Waals surface area contributed by atoms with E-state index < -0.39 is 0 Å². The molecule has 0 saturated heterocycles.